The zero-order chi connectivity index (χ0) is 12.8. The van der Waals surface area contributed by atoms with Crippen LogP contribution in [0.4, 0.5) is 5.69 Å². The van der Waals surface area contributed by atoms with Crippen LogP contribution in [0.5, 0.6) is 5.75 Å². The number of phenols is 1. The predicted molar refractivity (Wildman–Crippen MR) is 76.5 cm³/mol. The molecule has 2 rings (SSSR count). The first-order valence-electron chi connectivity index (χ1n) is 5.81. The molecule has 2 aromatic carbocycles. The van der Waals surface area contributed by atoms with Crippen molar-refractivity contribution in [3.8, 4) is 5.75 Å². The van der Waals surface area contributed by atoms with Crippen LogP contribution in [0.25, 0.3) is 6.08 Å². The summed E-state index contributed by atoms with van der Waals surface area (Å²) < 4.78 is 0. The van der Waals surface area contributed by atoms with E-state index in [1.807, 2.05) is 61.5 Å². The Labute approximate surface area is 107 Å². The second-order valence-electron chi connectivity index (χ2n) is 4.04. The number of aliphatic imine (C=N–C) groups is 1. The summed E-state index contributed by atoms with van der Waals surface area (Å²) in [5, 5.41) is 9.61. The Bertz CT molecular complexity index is 571. The van der Waals surface area contributed by atoms with Gasteiger partial charge in [0.15, 0.2) is 0 Å². The van der Waals surface area contributed by atoms with Gasteiger partial charge in [-0.25, -0.2) is 0 Å². The molecule has 0 bridgehead atoms. The predicted octanol–water partition coefficient (Wildman–Crippen LogP) is 4.12. The van der Waals surface area contributed by atoms with Crippen LogP contribution in [0, 0.1) is 6.92 Å². The van der Waals surface area contributed by atoms with Gasteiger partial charge in [-0.15, -0.1) is 0 Å². The quantitative estimate of drug-likeness (QED) is 0.800. The highest BCUT2D eigenvalue weighted by atomic mass is 16.3. The maximum atomic E-state index is 9.61. The van der Waals surface area contributed by atoms with Gasteiger partial charge in [-0.05, 0) is 36.3 Å². The normalized spacial score (nSPS) is 11.4. The molecule has 90 valence electrons. The molecule has 0 aliphatic carbocycles. The van der Waals surface area contributed by atoms with Crippen LogP contribution in [-0.4, -0.2) is 11.3 Å². The van der Waals surface area contributed by atoms with E-state index in [0.717, 1.165) is 11.1 Å². The Morgan fingerprint density at radius 3 is 2.61 bits per heavy atom. The van der Waals surface area contributed by atoms with E-state index in [4.69, 9.17) is 0 Å². The second-order valence-corrected chi connectivity index (χ2v) is 4.04. The van der Waals surface area contributed by atoms with Crippen molar-refractivity contribution in [2.24, 2.45) is 4.99 Å². The van der Waals surface area contributed by atoms with Crippen molar-refractivity contribution >= 4 is 18.0 Å². The molecule has 0 saturated heterocycles. The first-order valence-corrected chi connectivity index (χ1v) is 5.81. The molecule has 0 spiro atoms. The molecule has 0 heterocycles. The minimum atomic E-state index is 0.199. The average molecular weight is 237 g/mol. The van der Waals surface area contributed by atoms with Crippen LogP contribution in [0.1, 0.15) is 11.1 Å². The topological polar surface area (TPSA) is 32.6 Å². The maximum absolute atomic E-state index is 9.61. The van der Waals surface area contributed by atoms with Crippen molar-refractivity contribution in [2.75, 3.05) is 0 Å². The number of phenolic OH excluding ortho intramolecular Hbond substituents is 1. The lowest BCUT2D eigenvalue weighted by Gasteiger charge is -1.98. The Morgan fingerprint density at radius 2 is 1.83 bits per heavy atom. The third-order valence-corrected chi connectivity index (χ3v) is 2.52. The van der Waals surface area contributed by atoms with E-state index in [2.05, 4.69) is 4.99 Å². The largest absolute Gasteiger partial charge is 0.506 e. The average Bonchev–Trinajstić information content (AvgIpc) is 2.40. The number of nitrogens with zero attached hydrogens (tertiary/aromatic N) is 1. The molecule has 0 atom stereocenters. The van der Waals surface area contributed by atoms with Crippen molar-refractivity contribution in [1.82, 2.24) is 0 Å². The van der Waals surface area contributed by atoms with E-state index in [0.29, 0.717) is 5.69 Å². The van der Waals surface area contributed by atoms with Gasteiger partial charge in [-0.1, -0.05) is 42.5 Å². The van der Waals surface area contributed by atoms with Gasteiger partial charge in [0.25, 0.3) is 0 Å². The molecule has 18 heavy (non-hydrogen) atoms. The van der Waals surface area contributed by atoms with Crippen molar-refractivity contribution < 1.29 is 5.11 Å². The fourth-order valence-corrected chi connectivity index (χ4v) is 1.58. The molecule has 0 amide bonds. The first-order chi connectivity index (χ1) is 8.75. The summed E-state index contributed by atoms with van der Waals surface area (Å²) in [7, 11) is 0. The first kappa shape index (κ1) is 12.1. The summed E-state index contributed by atoms with van der Waals surface area (Å²) in [5.41, 5.74) is 2.79. The van der Waals surface area contributed by atoms with E-state index in [9.17, 15) is 5.11 Å². The summed E-state index contributed by atoms with van der Waals surface area (Å²) in [6.07, 6.45) is 5.51. The smallest absolute Gasteiger partial charge is 0.141 e. The molecule has 2 nitrogen and oxygen atoms in total. The Balaban J connectivity index is 2.08. The number of hydrogen-bond acceptors (Lipinski definition) is 2. The molecule has 2 heteroatoms. The van der Waals surface area contributed by atoms with Gasteiger partial charge >= 0.3 is 0 Å². The van der Waals surface area contributed by atoms with E-state index >= 15 is 0 Å². The van der Waals surface area contributed by atoms with Gasteiger partial charge in [0.05, 0.1) is 0 Å². The molecule has 0 radical (unpaired) electrons. The molecular weight excluding hydrogens is 222 g/mol. The van der Waals surface area contributed by atoms with Gasteiger partial charge in [0.1, 0.15) is 11.4 Å². The van der Waals surface area contributed by atoms with Crippen LogP contribution >= 0.6 is 0 Å². The summed E-state index contributed by atoms with van der Waals surface area (Å²) in [6, 6.07) is 15.4. The van der Waals surface area contributed by atoms with Crippen molar-refractivity contribution in [3.63, 3.8) is 0 Å². The zero-order valence-electron chi connectivity index (χ0n) is 10.2. The fraction of sp³-hybridized carbons (Fsp3) is 0.0625. The summed E-state index contributed by atoms with van der Waals surface area (Å²) in [4.78, 5) is 4.22. The third kappa shape index (κ3) is 3.32. The number of aryl methyl sites for hydroxylation is 1. The minimum absolute atomic E-state index is 0.199. The van der Waals surface area contributed by atoms with Gasteiger partial charge in [-0.2, -0.15) is 0 Å². The third-order valence-electron chi connectivity index (χ3n) is 2.52. The minimum Gasteiger partial charge on any atom is -0.506 e. The highest BCUT2D eigenvalue weighted by Gasteiger charge is 1.96. The van der Waals surface area contributed by atoms with Crippen LogP contribution in [-0.2, 0) is 0 Å². The molecule has 0 unspecified atom stereocenters. The van der Waals surface area contributed by atoms with Gasteiger partial charge in [-0.3, -0.25) is 4.99 Å². The molecular formula is C16H15NO. The number of benzene rings is 2. The molecule has 0 aliphatic rings. The van der Waals surface area contributed by atoms with Crippen LogP contribution in [0.15, 0.2) is 59.6 Å². The van der Waals surface area contributed by atoms with E-state index < -0.39 is 0 Å². The van der Waals surface area contributed by atoms with E-state index in [-0.39, 0.29) is 5.75 Å². The van der Waals surface area contributed by atoms with E-state index in [1.54, 1.807) is 12.3 Å². The standard InChI is InChI=1S/C16H15NO/c1-13-9-10-16(18)15(12-13)17-11-5-8-14-6-3-2-4-7-14/h2-12,18H,1H3/b8-5+,17-11?. The van der Waals surface area contributed by atoms with Gasteiger partial charge < -0.3 is 5.11 Å². The van der Waals surface area contributed by atoms with Crippen molar-refractivity contribution in [1.29, 1.82) is 0 Å². The van der Waals surface area contributed by atoms with E-state index in [1.165, 1.54) is 0 Å². The molecule has 0 saturated carbocycles. The van der Waals surface area contributed by atoms with Gasteiger partial charge in [0, 0.05) is 6.21 Å². The Morgan fingerprint density at radius 1 is 1.06 bits per heavy atom. The molecule has 0 aromatic heterocycles. The highest BCUT2D eigenvalue weighted by molar-refractivity contribution is 5.81. The summed E-state index contributed by atoms with van der Waals surface area (Å²) >= 11 is 0. The van der Waals surface area contributed by atoms with Crippen LogP contribution in [0.2, 0.25) is 0 Å². The molecule has 2 aromatic rings. The number of aromatic hydroxyl groups is 1. The maximum Gasteiger partial charge on any atom is 0.141 e. The monoisotopic (exact) mass is 237 g/mol. The van der Waals surface area contributed by atoms with Crippen LogP contribution in [0.3, 0.4) is 0 Å². The lowest BCUT2D eigenvalue weighted by Crippen LogP contribution is -1.74. The molecule has 0 fully saturated rings. The number of rotatable bonds is 3. The lowest BCUT2D eigenvalue weighted by molar-refractivity contribution is 0.477. The van der Waals surface area contributed by atoms with Crippen molar-refractivity contribution in [3.05, 3.63) is 65.7 Å². The zero-order valence-corrected chi connectivity index (χ0v) is 10.2. The fourth-order valence-electron chi connectivity index (χ4n) is 1.58. The molecule has 1 N–H and O–H groups in total. The lowest BCUT2D eigenvalue weighted by atomic mass is 10.2. The Kier molecular flexibility index (Phi) is 3.92. The highest BCUT2D eigenvalue weighted by Crippen LogP contribution is 2.26. The van der Waals surface area contributed by atoms with Gasteiger partial charge in [0.2, 0.25) is 0 Å². The summed E-state index contributed by atoms with van der Waals surface area (Å²) in [5.74, 6) is 0.199. The SMILES string of the molecule is Cc1ccc(O)c(N=C/C=C/c2ccccc2)c1. The second kappa shape index (κ2) is 5.82. The van der Waals surface area contributed by atoms with Crippen molar-refractivity contribution in [2.45, 2.75) is 6.92 Å². The Hall–Kier alpha value is -2.35. The summed E-state index contributed by atoms with van der Waals surface area (Å²) in [6.45, 7) is 1.97. The molecule has 0 aliphatic heterocycles. The number of allylic oxidation sites excluding steroid dienone is 1. The number of hydrogen-bond donors (Lipinski definition) is 1. The van der Waals surface area contributed by atoms with Crippen LogP contribution < -0.4 is 0 Å².